The number of nitrogens with one attached hydrogen (secondary N) is 1. The van der Waals surface area contributed by atoms with Crippen molar-refractivity contribution in [1.82, 2.24) is 4.90 Å². The van der Waals surface area contributed by atoms with Crippen LogP contribution in [0.4, 0.5) is 5.69 Å². The first-order chi connectivity index (χ1) is 12.0. The number of anilines is 1. The lowest BCUT2D eigenvalue weighted by molar-refractivity contribution is -0.117. The number of hydrogen-bond acceptors (Lipinski definition) is 3. The van der Waals surface area contributed by atoms with E-state index >= 15 is 0 Å². The van der Waals surface area contributed by atoms with Gasteiger partial charge in [0.2, 0.25) is 5.91 Å². The number of hydrogen-bond donors (Lipinski definition) is 1. The van der Waals surface area contributed by atoms with Gasteiger partial charge in [-0.25, -0.2) is 0 Å². The lowest BCUT2D eigenvalue weighted by atomic mass is 10.2. The van der Waals surface area contributed by atoms with Gasteiger partial charge in [-0.05, 0) is 18.7 Å². The van der Waals surface area contributed by atoms with E-state index in [1.165, 1.54) is 0 Å². The standard InChI is InChI=1S/C19H22Cl2N2O2/c1-3-23(4-2)12-18(24)22-19-16(20)10-15(11-17(19)21)25-13-14-8-6-5-7-9-14/h5-11H,3-4,12-13H2,1-2H3,(H,22,24). The second-order valence-electron chi connectivity index (χ2n) is 5.55. The van der Waals surface area contributed by atoms with Gasteiger partial charge in [0, 0.05) is 12.1 Å². The SMILES string of the molecule is CCN(CC)CC(=O)Nc1c(Cl)cc(OCc2ccccc2)cc1Cl. The molecule has 0 aliphatic heterocycles. The highest BCUT2D eigenvalue weighted by atomic mass is 35.5. The molecule has 0 spiro atoms. The van der Waals surface area contributed by atoms with E-state index in [1.807, 2.05) is 49.1 Å². The van der Waals surface area contributed by atoms with Crippen molar-refractivity contribution in [2.45, 2.75) is 20.5 Å². The topological polar surface area (TPSA) is 41.6 Å². The second kappa shape index (κ2) is 9.66. The van der Waals surface area contributed by atoms with Crippen LogP contribution in [0.1, 0.15) is 19.4 Å². The third-order valence-electron chi connectivity index (χ3n) is 3.79. The molecule has 2 aromatic rings. The third kappa shape index (κ3) is 5.92. The monoisotopic (exact) mass is 380 g/mol. The molecular formula is C19H22Cl2N2O2. The van der Waals surface area contributed by atoms with Gasteiger partial charge in [-0.15, -0.1) is 0 Å². The molecule has 2 aromatic carbocycles. The van der Waals surface area contributed by atoms with Crippen molar-refractivity contribution >= 4 is 34.8 Å². The van der Waals surface area contributed by atoms with Crippen LogP contribution >= 0.6 is 23.2 Å². The molecule has 0 unspecified atom stereocenters. The fraction of sp³-hybridized carbons (Fsp3) is 0.316. The quantitative estimate of drug-likeness (QED) is 0.711. The molecular weight excluding hydrogens is 359 g/mol. The summed E-state index contributed by atoms with van der Waals surface area (Å²) in [6.07, 6.45) is 0. The second-order valence-corrected chi connectivity index (χ2v) is 6.36. The molecule has 0 aliphatic rings. The minimum atomic E-state index is -0.148. The summed E-state index contributed by atoms with van der Waals surface area (Å²) in [5.41, 5.74) is 1.46. The Morgan fingerprint density at radius 1 is 1.08 bits per heavy atom. The number of ether oxygens (including phenoxy) is 1. The molecule has 25 heavy (non-hydrogen) atoms. The highest BCUT2D eigenvalue weighted by Crippen LogP contribution is 2.35. The van der Waals surface area contributed by atoms with E-state index in [1.54, 1.807) is 12.1 Å². The van der Waals surface area contributed by atoms with Crippen LogP contribution in [0.15, 0.2) is 42.5 Å². The van der Waals surface area contributed by atoms with Crippen molar-refractivity contribution in [3.05, 3.63) is 58.1 Å². The van der Waals surface area contributed by atoms with E-state index in [2.05, 4.69) is 5.32 Å². The molecule has 1 N–H and O–H groups in total. The Hall–Kier alpha value is -1.75. The van der Waals surface area contributed by atoms with Crippen molar-refractivity contribution in [2.24, 2.45) is 0 Å². The predicted molar refractivity (Wildman–Crippen MR) is 104 cm³/mol. The molecule has 0 radical (unpaired) electrons. The maximum atomic E-state index is 12.1. The van der Waals surface area contributed by atoms with Gasteiger partial charge in [0.25, 0.3) is 0 Å². The van der Waals surface area contributed by atoms with Crippen LogP contribution in [-0.4, -0.2) is 30.4 Å². The molecule has 2 rings (SSSR count). The van der Waals surface area contributed by atoms with Crippen molar-refractivity contribution < 1.29 is 9.53 Å². The third-order valence-corrected chi connectivity index (χ3v) is 4.39. The highest BCUT2D eigenvalue weighted by Gasteiger charge is 2.14. The molecule has 0 fully saturated rings. The fourth-order valence-corrected chi connectivity index (χ4v) is 2.88. The molecule has 0 saturated heterocycles. The number of nitrogens with zero attached hydrogens (tertiary/aromatic N) is 1. The summed E-state index contributed by atoms with van der Waals surface area (Å²) in [6.45, 7) is 6.34. The zero-order chi connectivity index (χ0) is 18.2. The van der Waals surface area contributed by atoms with E-state index in [-0.39, 0.29) is 5.91 Å². The zero-order valence-corrected chi connectivity index (χ0v) is 15.9. The van der Waals surface area contributed by atoms with E-state index in [9.17, 15) is 4.79 Å². The zero-order valence-electron chi connectivity index (χ0n) is 14.4. The van der Waals surface area contributed by atoms with Crippen molar-refractivity contribution in [1.29, 1.82) is 0 Å². The minimum absolute atomic E-state index is 0.148. The Morgan fingerprint density at radius 2 is 1.68 bits per heavy atom. The van der Waals surface area contributed by atoms with Gasteiger partial charge in [0.05, 0.1) is 22.3 Å². The summed E-state index contributed by atoms with van der Waals surface area (Å²) in [5, 5.41) is 3.48. The van der Waals surface area contributed by atoms with Gasteiger partial charge < -0.3 is 10.1 Å². The average Bonchev–Trinajstić information content (AvgIpc) is 2.62. The number of amides is 1. The Balaban J connectivity index is 2.02. The van der Waals surface area contributed by atoms with Crippen LogP contribution in [0.5, 0.6) is 5.75 Å². The molecule has 0 bridgehead atoms. The lowest BCUT2D eigenvalue weighted by Gasteiger charge is -2.18. The summed E-state index contributed by atoms with van der Waals surface area (Å²) in [4.78, 5) is 14.1. The van der Waals surface area contributed by atoms with Crippen molar-refractivity contribution in [3.63, 3.8) is 0 Å². The summed E-state index contributed by atoms with van der Waals surface area (Å²) >= 11 is 12.5. The predicted octanol–water partition coefficient (Wildman–Crippen LogP) is 4.85. The molecule has 0 aromatic heterocycles. The fourth-order valence-electron chi connectivity index (χ4n) is 2.32. The van der Waals surface area contributed by atoms with Gasteiger partial charge in [0.1, 0.15) is 12.4 Å². The number of carbonyl (C=O) groups excluding carboxylic acids is 1. The van der Waals surface area contributed by atoms with E-state index in [0.717, 1.165) is 18.7 Å². The Kier molecular flexibility index (Phi) is 7.56. The molecule has 6 heteroatoms. The van der Waals surface area contributed by atoms with Gasteiger partial charge >= 0.3 is 0 Å². The van der Waals surface area contributed by atoms with Crippen molar-refractivity contribution in [2.75, 3.05) is 25.0 Å². The largest absolute Gasteiger partial charge is 0.489 e. The van der Waals surface area contributed by atoms with Gasteiger partial charge in [-0.1, -0.05) is 67.4 Å². The van der Waals surface area contributed by atoms with Crippen LogP contribution in [0.25, 0.3) is 0 Å². The van der Waals surface area contributed by atoms with Gasteiger partial charge in [-0.3, -0.25) is 9.69 Å². The summed E-state index contributed by atoms with van der Waals surface area (Å²) in [6, 6.07) is 13.1. The number of rotatable bonds is 8. The lowest BCUT2D eigenvalue weighted by Crippen LogP contribution is -2.33. The number of benzene rings is 2. The summed E-state index contributed by atoms with van der Waals surface area (Å²) < 4.78 is 5.72. The summed E-state index contributed by atoms with van der Waals surface area (Å²) in [7, 11) is 0. The average molecular weight is 381 g/mol. The molecule has 0 heterocycles. The first-order valence-corrected chi connectivity index (χ1v) is 8.97. The van der Waals surface area contributed by atoms with Crippen LogP contribution in [0.3, 0.4) is 0 Å². The highest BCUT2D eigenvalue weighted by molar-refractivity contribution is 6.40. The first-order valence-electron chi connectivity index (χ1n) is 8.21. The first kappa shape index (κ1) is 19.6. The normalized spacial score (nSPS) is 10.8. The van der Waals surface area contributed by atoms with Gasteiger partial charge in [0.15, 0.2) is 0 Å². The van der Waals surface area contributed by atoms with Crippen LogP contribution in [0.2, 0.25) is 10.0 Å². The van der Waals surface area contributed by atoms with Crippen molar-refractivity contribution in [3.8, 4) is 5.75 Å². The summed E-state index contributed by atoms with van der Waals surface area (Å²) in [5.74, 6) is 0.408. The molecule has 1 amide bonds. The smallest absolute Gasteiger partial charge is 0.238 e. The Morgan fingerprint density at radius 3 is 2.24 bits per heavy atom. The van der Waals surface area contributed by atoms with Crippen LogP contribution < -0.4 is 10.1 Å². The maximum Gasteiger partial charge on any atom is 0.238 e. The molecule has 134 valence electrons. The number of carbonyl (C=O) groups is 1. The maximum absolute atomic E-state index is 12.1. The van der Waals surface area contributed by atoms with Crippen LogP contribution in [-0.2, 0) is 11.4 Å². The van der Waals surface area contributed by atoms with E-state index < -0.39 is 0 Å². The minimum Gasteiger partial charge on any atom is -0.489 e. The van der Waals surface area contributed by atoms with Gasteiger partial charge in [-0.2, -0.15) is 0 Å². The molecule has 4 nitrogen and oxygen atoms in total. The van der Waals surface area contributed by atoms with E-state index in [0.29, 0.717) is 34.6 Å². The molecule has 0 aliphatic carbocycles. The Labute approximate surface area is 158 Å². The number of likely N-dealkylation sites (N-methyl/N-ethyl adjacent to an activating group) is 1. The van der Waals surface area contributed by atoms with Crippen LogP contribution in [0, 0.1) is 0 Å². The molecule has 0 atom stereocenters. The van der Waals surface area contributed by atoms with E-state index in [4.69, 9.17) is 27.9 Å². The molecule has 0 saturated carbocycles. The number of halogens is 2. The Bertz CT molecular complexity index is 681.